The van der Waals surface area contributed by atoms with E-state index < -0.39 is 0 Å². The van der Waals surface area contributed by atoms with E-state index in [1.165, 1.54) is 0 Å². The van der Waals surface area contributed by atoms with Gasteiger partial charge in [-0.2, -0.15) is 0 Å². The summed E-state index contributed by atoms with van der Waals surface area (Å²) in [5.74, 6) is 0.0630. The zero-order chi connectivity index (χ0) is 13.3. The molecule has 0 spiro atoms. The second-order valence-corrected chi connectivity index (χ2v) is 5.16. The van der Waals surface area contributed by atoms with Gasteiger partial charge in [0.15, 0.2) is 0 Å². The number of nitrogens with two attached hydrogens (primary N) is 1. The first kappa shape index (κ1) is 13.2. The van der Waals surface area contributed by atoms with Gasteiger partial charge in [-0.1, -0.05) is 11.6 Å². The molecule has 2 unspecified atom stereocenters. The summed E-state index contributed by atoms with van der Waals surface area (Å²) in [6.45, 7) is 5.58. The Labute approximate surface area is 112 Å². The smallest absolute Gasteiger partial charge is 0.124 e. The van der Waals surface area contributed by atoms with Crippen LogP contribution < -0.4 is 10.6 Å². The lowest BCUT2D eigenvalue weighted by Crippen LogP contribution is -2.48. The number of anilines is 1. The first-order valence-corrected chi connectivity index (χ1v) is 6.39. The maximum absolute atomic E-state index is 7.66. The fourth-order valence-electron chi connectivity index (χ4n) is 2.21. The predicted octanol–water partition coefficient (Wildman–Crippen LogP) is 2.24. The molecule has 1 aliphatic heterocycles. The van der Waals surface area contributed by atoms with Crippen LogP contribution in [0.5, 0.6) is 0 Å². The maximum atomic E-state index is 7.66. The van der Waals surface area contributed by atoms with E-state index in [0.29, 0.717) is 11.6 Å². The van der Waals surface area contributed by atoms with Crippen molar-refractivity contribution in [3.05, 3.63) is 28.8 Å². The molecule has 1 fully saturated rings. The normalized spacial score (nSPS) is 24.1. The molecular weight excluding hydrogens is 250 g/mol. The molecule has 2 atom stereocenters. The van der Waals surface area contributed by atoms with E-state index >= 15 is 0 Å². The molecule has 0 bridgehead atoms. The van der Waals surface area contributed by atoms with Gasteiger partial charge in [-0.25, -0.2) is 0 Å². The Kier molecular flexibility index (Phi) is 3.78. The van der Waals surface area contributed by atoms with Crippen molar-refractivity contribution in [1.82, 2.24) is 0 Å². The first-order valence-electron chi connectivity index (χ1n) is 6.01. The molecule has 0 aliphatic carbocycles. The Morgan fingerprint density at radius 2 is 2.22 bits per heavy atom. The van der Waals surface area contributed by atoms with Crippen LogP contribution in [0.1, 0.15) is 19.4 Å². The van der Waals surface area contributed by atoms with Gasteiger partial charge in [0.2, 0.25) is 0 Å². The number of halogens is 1. The fourth-order valence-corrected chi connectivity index (χ4v) is 2.38. The fraction of sp³-hybridized carbons (Fsp3) is 0.462. The third-order valence-electron chi connectivity index (χ3n) is 3.17. The number of nitrogens with zero attached hydrogens (tertiary/aromatic N) is 1. The Balaban J connectivity index is 2.41. The van der Waals surface area contributed by atoms with Gasteiger partial charge in [-0.15, -0.1) is 0 Å². The molecule has 1 saturated heterocycles. The molecule has 0 saturated carbocycles. The minimum Gasteiger partial charge on any atom is -0.384 e. The van der Waals surface area contributed by atoms with Crippen LogP contribution in [0.25, 0.3) is 0 Å². The van der Waals surface area contributed by atoms with Crippen molar-refractivity contribution in [2.24, 2.45) is 5.73 Å². The minimum absolute atomic E-state index is 0.0630. The summed E-state index contributed by atoms with van der Waals surface area (Å²) in [5, 5.41) is 8.31. The van der Waals surface area contributed by atoms with Gasteiger partial charge >= 0.3 is 0 Å². The Hall–Kier alpha value is -1.26. The third kappa shape index (κ3) is 2.60. The number of hydrogen-bond acceptors (Lipinski definition) is 3. The maximum Gasteiger partial charge on any atom is 0.124 e. The van der Waals surface area contributed by atoms with Crippen molar-refractivity contribution < 1.29 is 4.74 Å². The zero-order valence-electron chi connectivity index (χ0n) is 10.6. The van der Waals surface area contributed by atoms with Gasteiger partial charge in [-0.05, 0) is 32.0 Å². The third-order valence-corrected chi connectivity index (χ3v) is 3.40. The highest BCUT2D eigenvalue weighted by molar-refractivity contribution is 6.31. The Bertz CT molecular complexity index is 464. The molecular formula is C13H18ClN3O. The molecule has 1 aliphatic rings. The standard InChI is InChI=1S/C13H18ClN3O/c1-8-7-18-9(2)6-17(8)12-5-10(14)3-4-11(12)13(15)16/h3-5,8-9H,6-7H2,1-2H3,(H3,15,16). The quantitative estimate of drug-likeness (QED) is 0.638. The predicted molar refractivity (Wildman–Crippen MR) is 74.7 cm³/mol. The lowest BCUT2D eigenvalue weighted by Gasteiger charge is -2.39. The Morgan fingerprint density at radius 3 is 2.89 bits per heavy atom. The van der Waals surface area contributed by atoms with Crippen LogP contribution >= 0.6 is 11.6 Å². The lowest BCUT2D eigenvalue weighted by atomic mass is 10.1. The second-order valence-electron chi connectivity index (χ2n) is 4.72. The number of rotatable bonds is 2. The van der Waals surface area contributed by atoms with Crippen molar-refractivity contribution in [3.63, 3.8) is 0 Å². The van der Waals surface area contributed by atoms with E-state index in [9.17, 15) is 0 Å². The van der Waals surface area contributed by atoms with Crippen molar-refractivity contribution in [2.45, 2.75) is 26.0 Å². The number of nitrogens with one attached hydrogen (secondary N) is 1. The van der Waals surface area contributed by atoms with Crippen LogP contribution in [0.15, 0.2) is 18.2 Å². The minimum atomic E-state index is 0.0630. The molecule has 4 nitrogen and oxygen atoms in total. The number of benzene rings is 1. The molecule has 3 N–H and O–H groups in total. The summed E-state index contributed by atoms with van der Waals surface area (Å²) < 4.78 is 5.61. The van der Waals surface area contributed by atoms with Gasteiger partial charge in [0.05, 0.1) is 12.7 Å². The average molecular weight is 268 g/mol. The summed E-state index contributed by atoms with van der Waals surface area (Å²) in [6, 6.07) is 5.67. The number of nitrogen functional groups attached to an aromatic ring is 1. The van der Waals surface area contributed by atoms with Crippen molar-refractivity contribution in [2.75, 3.05) is 18.1 Å². The largest absolute Gasteiger partial charge is 0.384 e. The van der Waals surface area contributed by atoms with Gasteiger partial charge in [-0.3, -0.25) is 5.41 Å². The van der Waals surface area contributed by atoms with Gasteiger partial charge in [0.1, 0.15) is 5.84 Å². The van der Waals surface area contributed by atoms with Crippen LogP contribution in [0.3, 0.4) is 0 Å². The van der Waals surface area contributed by atoms with Gasteiger partial charge < -0.3 is 15.4 Å². The molecule has 18 heavy (non-hydrogen) atoms. The molecule has 0 aromatic heterocycles. The molecule has 1 aromatic rings. The summed E-state index contributed by atoms with van der Waals surface area (Å²) in [7, 11) is 0. The highest BCUT2D eigenvalue weighted by atomic mass is 35.5. The molecule has 98 valence electrons. The number of morpholine rings is 1. The number of ether oxygens (including phenoxy) is 1. The van der Waals surface area contributed by atoms with E-state index in [1.807, 2.05) is 13.0 Å². The summed E-state index contributed by atoms with van der Waals surface area (Å²) >= 11 is 6.06. The van der Waals surface area contributed by atoms with Crippen LogP contribution in [0.2, 0.25) is 5.02 Å². The lowest BCUT2D eigenvalue weighted by molar-refractivity contribution is 0.0343. The van der Waals surface area contributed by atoms with Crippen LogP contribution in [-0.2, 0) is 4.74 Å². The zero-order valence-corrected chi connectivity index (χ0v) is 11.4. The van der Waals surface area contributed by atoms with E-state index in [2.05, 4.69) is 11.8 Å². The highest BCUT2D eigenvalue weighted by Crippen LogP contribution is 2.28. The van der Waals surface area contributed by atoms with Crippen LogP contribution in [-0.4, -0.2) is 31.1 Å². The number of hydrogen-bond donors (Lipinski definition) is 2. The number of amidine groups is 1. The van der Waals surface area contributed by atoms with Gasteiger partial charge in [0.25, 0.3) is 0 Å². The van der Waals surface area contributed by atoms with Crippen molar-refractivity contribution in [1.29, 1.82) is 5.41 Å². The van der Waals surface area contributed by atoms with Crippen molar-refractivity contribution in [3.8, 4) is 0 Å². The second kappa shape index (κ2) is 5.16. The summed E-state index contributed by atoms with van der Waals surface area (Å²) in [6.07, 6.45) is 0.167. The molecule has 0 radical (unpaired) electrons. The average Bonchev–Trinajstić information content (AvgIpc) is 2.31. The molecule has 1 heterocycles. The SMILES string of the molecule is CC1CN(c2cc(Cl)ccc2C(=N)N)C(C)CO1. The van der Waals surface area contributed by atoms with Crippen LogP contribution in [0, 0.1) is 5.41 Å². The van der Waals surface area contributed by atoms with E-state index in [0.717, 1.165) is 17.8 Å². The molecule has 0 amide bonds. The summed E-state index contributed by atoms with van der Waals surface area (Å²) in [4.78, 5) is 2.21. The first-order chi connectivity index (χ1) is 8.49. The topological polar surface area (TPSA) is 62.3 Å². The van der Waals surface area contributed by atoms with E-state index in [4.69, 9.17) is 27.5 Å². The molecule has 2 rings (SSSR count). The molecule has 5 heteroatoms. The van der Waals surface area contributed by atoms with E-state index in [-0.39, 0.29) is 18.0 Å². The van der Waals surface area contributed by atoms with Crippen molar-refractivity contribution >= 4 is 23.1 Å². The molecule has 1 aromatic carbocycles. The Morgan fingerprint density at radius 1 is 1.50 bits per heavy atom. The summed E-state index contributed by atoms with van der Waals surface area (Å²) in [5.41, 5.74) is 7.27. The highest BCUT2D eigenvalue weighted by Gasteiger charge is 2.26. The van der Waals surface area contributed by atoms with E-state index in [1.54, 1.807) is 12.1 Å². The monoisotopic (exact) mass is 267 g/mol. The van der Waals surface area contributed by atoms with Crippen LogP contribution in [0.4, 0.5) is 5.69 Å². The van der Waals surface area contributed by atoms with Gasteiger partial charge in [0, 0.05) is 28.9 Å².